The van der Waals surface area contributed by atoms with Gasteiger partial charge < -0.3 is 15.0 Å². The van der Waals surface area contributed by atoms with E-state index in [1.54, 1.807) is 7.11 Å². The molecule has 0 bridgehead atoms. The molecule has 0 radical (unpaired) electrons. The van der Waals surface area contributed by atoms with Crippen molar-refractivity contribution in [1.82, 2.24) is 15.2 Å². The number of nitrogens with zero attached hydrogens (tertiary/aromatic N) is 3. The number of hydrogen-bond donors (Lipinski definition) is 1. The molecule has 0 fully saturated rings. The van der Waals surface area contributed by atoms with Crippen LogP contribution in [0.3, 0.4) is 0 Å². The summed E-state index contributed by atoms with van der Waals surface area (Å²) < 4.78 is 5.12. The first-order chi connectivity index (χ1) is 9.71. The Morgan fingerprint density at radius 2 is 2.14 bits per heavy atom. The fraction of sp³-hybridized carbons (Fsp3) is 0.600. The third-order valence-corrected chi connectivity index (χ3v) is 2.92. The number of rotatable bonds is 7. The van der Waals surface area contributed by atoms with Gasteiger partial charge in [0, 0.05) is 26.2 Å². The van der Waals surface area contributed by atoms with Gasteiger partial charge in [-0.15, -0.1) is 24.0 Å². The number of methoxy groups -OCH3 is 1. The molecule has 0 spiro atoms. The van der Waals surface area contributed by atoms with Crippen LogP contribution in [0.25, 0.3) is 0 Å². The highest BCUT2D eigenvalue weighted by atomic mass is 127. The molecule has 0 aliphatic carbocycles. The summed E-state index contributed by atoms with van der Waals surface area (Å²) in [6.45, 7) is 6.69. The van der Waals surface area contributed by atoms with Crippen LogP contribution in [0.1, 0.15) is 32.4 Å². The van der Waals surface area contributed by atoms with Gasteiger partial charge in [0.1, 0.15) is 0 Å². The number of guanidine groups is 1. The van der Waals surface area contributed by atoms with Crippen LogP contribution in [0.5, 0.6) is 5.88 Å². The predicted octanol–water partition coefficient (Wildman–Crippen LogP) is 2.91. The third kappa shape index (κ3) is 7.50. The molecule has 0 aromatic carbocycles. The van der Waals surface area contributed by atoms with Crippen LogP contribution >= 0.6 is 24.0 Å². The molecule has 21 heavy (non-hydrogen) atoms. The minimum absolute atomic E-state index is 0. The zero-order valence-corrected chi connectivity index (χ0v) is 15.8. The number of halogens is 1. The Labute approximate surface area is 145 Å². The first kappa shape index (κ1) is 19.9. The highest BCUT2D eigenvalue weighted by Gasteiger charge is 2.05. The molecule has 0 atom stereocenters. The fourth-order valence-electron chi connectivity index (χ4n) is 1.79. The van der Waals surface area contributed by atoms with Gasteiger partial charge in [-0.3, -0.25) is 0 Å². The van der Waals surface area contributed by atoms with Gasteiger partial charge in [0.25, 0.3) is 0 Å². The van der Waals surface area contributed by atoms with Crippen LogP contribution in [0.2, 0.25) is 0 Å². The van der Waals surface area contributed by atoms with Gasteiger partial charge in [-0.25, -0.2) is 9.98 Å². The van der Waals surface area contributed by atoms with Crippen molar-refractivity contribution in [2.24, 2.45) is 4.99 Å². The molecule has 0 amide bonds. The van der Waals surface area contributed by atoms with Crippen molar-refractivity contribution in [1.29, 1.82) is 0 Å². The van der Waals surface area contributed by atoms with E-state index in [-0.39, 0.29) is 24.0 Å². The Morgan fingerprint density at radius 3 is 2.76 bits per heavy atom. The maximum atomic E-state index is 5.12. The van der Waals surface area contributed by atoms with Crippen LogP contribution in [-0.2, 0) is 6.54 Å². The Balaban J connectivity index is 0.00000400. The highest BCUT2D eigenvalue weighted by molar-refractivity contribution is 14.0. The number of nitrogens with one attached hydrogen (secondary N) is 1. The van der Waals surface area contributed by atoms with E-state index in [2.05, 4.69) is 41.1 Å². The molecule has 0 saturated heterocycles. The lowest BCUT2D eigenvalue weighted by Crippen LogP contribution is -2.39. The number of ether oxygens (including phenoxy) is 1. The molecule has 0 saturated carbocycles. The second kappa shape index (κ2) is 11.6. The quantitative estimate of drug-likeness (QED) is 0.430. The zero-order chi connectivity index (χ0) is 14.8. The second-order valence-corrected chi connectivity index (χ2v) is 4.62. The summed E-state index contributed by atoms with van der Waals surface area (Å²) in [5.41, 5.74) is 0.906. The molecule has 1 rings (SSSR count). The molecule has 0 aliphatic heterocycles. The molecular formula is C15H27IN4O. The van der Waals surface area contributed by atoms with Crippen LogP contribution in [-0.4, -0.2) is 43.1 Å². The topological polar surface area (TPSA) is 49.8 Å². The van der Waals surface area contributed by atoms with Crippen molar-refractivity contribution in [3.63, 3.8) is 0 Å². The number of aromatic nitrogens is 1. The molecule has 120 valence electrons. The molecule has 5 nitrogen and oxygen atoms in total. The summed E-state index contributed by atoms with van der Waals surface area (Å²) in [7, 11) is 3.69. The van der Waals surface area contributed by atoms with Gasteiger partial charge in [0.2, 0.25) is 5.88 Å². The van der Waals surface area contributed by atoms with Gasteiger partial charge >= 0.3 is 0 Å². The van der Waals surface area contributed by atoms with E-state index in [1.807, 2.05) is 18.2 Å². The first-order valence-corrected chi connectivity index (χ1v) is 7.20. The Kier molecular flexibility index (Phi) is 11.0. The maximum Gasteiger partial charge on any atom is 0.213 e. The fourth-order valence-corrected chi connectivity index (χ4v) is 1.79. The monoisotopic (exact) mass is 406 g/mol. The molecule has 0 aliphatic rings. The Hall–Kier alpha value is -1.05. The Bertz CT molecular complexity index is 426. The van der Waals surface area contributed by atoms with Gasteiger partial charge in [-0.05, 0) is 19.4 Å². The number of hydrogen-bond acceptors (Lipinski definition) is 3. The molecule has 1 N–H and O–H groups in total. The van der Waals surface area contributed by atoms with Crippen molar-refractivity contribution in [2.75, 3.05) is 27.2 Å². The number of unbranched alkanes of at least 4 members (excludes halogenated alkanes) is 1. The van der Waals surface area contributed by atoms with Crippen LogP contribution < -0.4 is 10.1 Å². The van der Waals surface area contributed by atoms with E-state index in [4.69, 9.17) is 4.74 Å². The van der Waals surface area contributed by atoms with E-state index in [0.717, 1.165) is 24.7 Å². The van der Waals surface area contributed by atoms with Crippen molar-refractivity contribution in [2.45, 2.75) is 33.2 Å². The van der Waals surface area contributed by atoms with Crippen LogP contribution in [0.4, 0.5) is 0 Å². The summed E-state index contributed by atoms with van der Waals surface area (Å²) in [6, 6.07) is 5.73. The molecule has 6 heteroatoms. The van der Waals surface area contributed by atoms with E-state index in [9.17, 15) is 0 Å². The minimum atomic E-state index is 0. The minimum Gasteiger partial charge on any atom is -0.481 e. The Morgan fingerprint density at radius 1 is 1.38 bits per heavy atom. The van der Waals surface area contributed by atoms with Gasteiger partial charge in [-0.1, -0.05) is 19.4 Å². The molecule has 1 heterocycles. The van der Waals surface area contributed by atoms with E-state index < -0.39 is 0 Å². The van der Waals surface area contributed by atoms with E-state index in [1.165, 1.54) is 12.8 Å². The standard InChI is InChI=1S/C15H26N4O.HI/c1-5-7-11-19(3)15(16-6-2)17-12-13-9-8-10-14(18-13)20-4;/h8-10H,5-7,11-12H2,1-4H3,(H,16,17);1H. The normalized spacial score (nSPS) is 10.8. The highest BCUT2D eigenvalue weighted by Crippen LogP contribution is 2.07. The van der Waals surface area contributed by atoms with Gasteiger partial charge in [-0.2, -0.15) is 0 Å². The van der Waals surface area contributed by atoms with Gasteiger partial charge in [0.05, 0.1) is 19.3 Å². The van der Waals surface area contributed by atoms with E-state index in [0.29, 0.717) is 12.4 Å². The summed E-state index contributed by atoms with van der Waals surface area (Å²) in [5.74, 6) is 1.55. The summed E-state index contributed by atoms with van der Waals surface area (Å²) >= 11 is 0. The lowest BCUT2D eigenvalue weighted by atomic mass is 10.3. The predicted molar refractivity (Wildman–Crippen MR) is 98.6 cm³/mol. The lowest BCUT2D eigenvalue weighted by molar-refractivity contribution is 0.396. The SMILES string of the molecule is CCCCN(C)C(=NCc1cccc(OC)n1)NCC.I. The van der Waals surface area contributed by atoms with Crippen molar-refractivity contribution in [3.05, 3.63) is 23.9 Å². The first-order valence-electron chi connectivity index (χ1n) is 7.20. The van der Waals surface area contributed by atoms with Crippen LogP contribution in [0.15, 0.2) is 23.2 Å². The smallest absolute Gasteiger partial charge is 0.213 e. The summed E-state index contributed by atoms with van der Waals surface area (Å²) in [4.78, 5) is 11.2. The van der Waals surface area contributed by atoms with Gasteiger partial charge in [0.15, 0.2) is 5.96 Å². The average molecular weight is 406 g/mol. The van der Waals surface area contributed by atoms with Crippen molar-refractivity contribution in [3.8, 4) is 5.88 Å². The second-order valence-electron chi connectivity index (χ2n) is 4.62. The number of pyridine rings is 1. The summed E-state index contributed by atoms with van der Waals surface area (Å²) in [5, 5.41) is 3.31. The molecular weight excluding hydrogens is 379 g/mol. The third-order valence-electron chi connectivity index (χ3n) is 2.92. The lowest BCUT2D eigenvalue weighted by Gasteiger charge is -2.21. The largest absolute Gasteiger partial charge is 0.481 e. The van der Waals surface area contributed by atoms with Crippen LogP contribution in [0, 0.1) is 0 Å². The van der Waals surface area contributed by atoms with Crippen molar-refractivity contribution < 1.29 is 4.74 Å². The average Bonchev–Trinajstić information content (AvgIpc) is 2.49. The maximum absolute atomic E-state index is 5.12. The van der Waals surface area contributed by atoms with E-state index >= 15 is 0 Å². The zero-order valence-electron chi connectivity index (χ0n) is 13.4. The molecule has 1 aromatic heterocycles. The molecule has 1 aromatic rings. The van der Waals surface area contributed by atoms with Crippen molar-refractivity contribution >= 4 is 29.9 Å². The summed E-state index contributed by atoms with van der Waals surface area (Å²) in [6.07, 6.45) is 2.35. The number of aliphatic imine (C=N–C) groups is 1. The molecule has 0 unspecified atom stereocenters.